The van der Waals surface area contributed by atoms with Crippen LogP contribution >= 0.6 is 27.3 Å². The Bertz CT molecular complexity index is 546. The highest BCUT2D eigenvalue weighted by molar-refractivity contribution is 9.11. The first-order valence-electron chi connectivity index (χ1n) is 5.06. The Morgan fingerprint density at radius 2 is 2.18 bits per heavy atom. The Hall–Kier alpha value is -1.20. The number of hydrogen-bond acceptors (Lipinski definition) is 3. The van der Waals surface area contributed by atoms with Crippen molar-refractivity contribution in [3.8, 4) is 0 Å². The molecule has 0 aromatic carbocycles. The number of pyridine rings is 1. The van der Waals surface area contributed by atoms with Crippen LogP contribution in [0.4, 0.5) is 5.69 Å². The second-order valence-corrected chi connectivity index (χ2v) is 6.08. The van der Waals surface area contributed by atoms with Gasteiger partial charge in [0.05, 0.1) is 20.5 Å². The maximum absolute atomic E-state index is 12.0. The summed E-state index contributed by atoms with van der Waals surface area (Å²) in [7, 11) is 0. The predicted octanol–water partition coefficient (Wildman–Crippen LogP) is 3.77. The summed E-state index contributed by atoms with van der Waals surface area (Å²) in [5, 5.41) is 2.86. The molecule has 2 aromatic rings. The molecule has 1 amide bonds. The van der Waals surface area contributed by atoms with Crippen molar-refractivity contribution in [3.05, 3.63) is 44.3 Å². The molecule has 17 heavy (non-hydrogen) atoms. The standard InChI is InChI=1S/C12H11BrN2OS/c1-7-3-4-14-6-9(7)15-12(16)10-5-8(2)11(13)17-10/h3-6H,1-2H3,(H,15,16). The zero-order chi connectivity index (χ0) is 12.4. The number of halogens is 1. The Balaban J connectivity index is 2.20. The van der Waals surface area contributed by atoms with Gasteiger partial charge in [-0.25, -0.2) is 0 Å². The molecule has 0 saturated heterocycles. The number of aryl methyl sites for hydroxylation is 2. The summed E-state index contributed by atoms with van der Waals surface area (Å²) in [5.74, 6) is -0.0973. The topological polar surface area (TPSA) is 42.0 Å². The summed E-state index contributed by atoms with van der Waals surface area (Å²) in [4.78, 5) is 16.7. The molecule has 0 atom stereocenters. The highest BCUT2D eigenvalue weighted by Crippen LogP contribution is 2.28. The lowest BCUT2D eigenvalue weighted by atomic mass is 10.2. The Morgan fingerprint density at radius 3 is 2.76 bits per heavy atom. The quantitative estimate of drug-likeness (QED) is 0.917. The molecular formula is C12H11BrN2OS. The van der Waals surface area contributed by atoms with E-state index in [1.807, 2.05) is 26.0 Å². The second-order valence-electron chi connectivity index (χ2n) is 3.71. The lowest BCUT2D eigenvalue weighted by Gasteiger charge is -2.05. The molecule has 1 N–H and O–H groups in total. The van der Waals surface area contributed by atoms with Gasteiger partial charge >= 0.3 is 0 Å². The third-order valence-corrected chi connectivity index (χ3v) is 4.50. The van der Waals surface area contributed by atoms with E-state index in [4.69, 9.17) is 0 Å². The van der Waals surface area contributed by atoms with Gasteiger partial charge in [0.1, 0.15) is 0 Å². The van der Waals surface area contributed by atoms with Crippen LogP contribution in [0.5, 0.6) is 0 Å². The Morgan fingerprint density at radius 1 is 1.41 bits per heavy atom. The first-order chi connectivity index (χ1) is 8.08. The number of aromatic nitrogens is 1. The van der Waals surface area contributed by atoms with Crippen LogP contribution in [-0.4, -0.2) is 10.9 Å². The van der Waals surface area contributed by atoms with Gasteiger partial charge in [0.25, 0.3) is 5.91 Å². The molecule has 5 heteroatoms. The Labute approximate surface area is 112 Å². The molecule has 0 aliphatic heterocycles. The van der Waals surface area contributed by atoms with E-state index in [0.717, 1.165) is 20.6 Å². The molecule has 3 nitrogen and oxygen atoms in total. The van der Waals surface area contributed by atoms with Crippen LogP contribution in [-0.2, 0) is 0 Å². The van der Waals surface area contributed by atoms with Gasteiger partial charge in [-0.3, -0.25) is 9.78 Å². The highest BCUT2D eigenvalue weighted by atomic mass is 79.9. The molecule has 0 unspecified atom stereocenters. The van der Waals surface area contributed by atoms with Crippen molar-refractivity contribution in [2.45, 2.75) is 13.8 Å². The zero-order valence-corrected chi connectivity index (χ0v) is 11.9. The number of thiophene rings is 1. The van der Waals surface area contributed by atoms with Crippen molar-refractivity contribution in [2.75, 3.05) is 5.32 Å². The fourth-order valence-electron chi connectivity index (χ4n) is 1.35. The number of nitrogens with zero attached hydrogens (tertiary/aromatic N) is 1. The number of nitrogens with one attached hydrogen (secondary N) is 1. The molecule has 2 rings (SSSR count). The lowest BCUT2D eigenvalue weighted by molar-refractivity contribution is 0.103. The average Bonchev–Trinajstić information content (AvgIpc) is 2.63. The summed E-state index contributed by atoms with van der Waals surface area (Å²) in [5.41, 5.74) is 2.82. The number of anilines is 1. The molecular weight excluding hydrogens is 300 g/mol. The van der Waals surface area contributed by atoms with E-state index in [0.29, 0.717) is 4.88 Å². The van der Waals surface area contributed by atoms with Gasteiger partial charge in [-0.05, 0) is 53.0 Å². The van der Waals surface area contributed by atoms with Crippen LogP contribution in [0.1, 0.15) is 20.8 Å². The maximum Gasteiger partial charge on any atom is 0.265 e. The summed E-state index contributed by atoms with van der Waals surface area (Å²) in [6, 6.07) is 3.74. The van der Waals surface area contributed by atoms with Crippen molar-refractivity contribution < 1.29 is 4.79 Å². The number of amides is 1. The van der Waals surface area contributed by atoms with Crippen molar-refractivity contribution in [3.63, 3.8) is 0 Å². The van der Waals surface area contributed by atoms with Gasteiger partial charge in [-0.2, -0.15) is 0 Å². The smallest absolute Gasteiger partial charge is 0.265 e. The van der Waals surface area contributed by atoms with Crippen LogP contribution in [0.15, 0.2) is 28.3 Å². The molecule has 0 aliphatic rings. The molecule has 0 aliphatic carbocycles. The van der Waals surface area contributed by atoms with Crippen LogP contribution in [0.2, 0.25) is 0 Å². The first-order valence-corrected chi connectivity index (χ1v) is 6.67. The highest BCUT2D eigenvalue weighted by Gasteiger charge is 2.12. The molecule has 0 saturated carbocycles. The number of carbonyl (C=O) groups excluding carboxylic acids is 1. The fraction of sp³-hybridized carbons (Fsp3) is 0.167. The van der Waals surface area contributed by atoms with Crippen molar-refractivity contribution >= 4 is 38.9 Å². The van der Waals surface area contributed by atoms with Crippen molar-refractivity contribution in [1.29, 1.82) is 0 Å². The molecule has 2 aromatic heterocycles. The maximum atomic E-state index is 12.0. The van der Waals surface area contributed by atoms with E-state index >= 15 is 0 Å². The van der Waals surface area contributed by atoms with Crippen molar-refractivity contribution in [1.82, 2.24) is 4.98 Å². The monoisotopic (exact) mass is 310 g/mol. The fourth-order valence-corrected chi connectivity index (χ4v) is 2.78. The molecule has 2 heterocycles. The molecule has 0 bridgehead atoms. The minimum absolute atomic E-state index is 0.0973. The van der Waals surface area contributed by atoms with Crippen molar-refractivity contribution in [2.24, 2.45) is 0 Å². The van der Waals surface area contributed by atoms with E-state index in [1.54, 1.807) is 12.4 Å². The van der Waals surface area contributed by atoms with Gasteiger partial charge in [0.15, 0.2) is 0 Å². The van der Waals surface area contributed by atoms with Gasteiger partial charge in [0, 0.05) is 6.20 Å². The predicted molar refractivity (Wildman–Crippen MR) is 73.7 cm³/mol. The summed E-state index contributed by atoms with van der Waals surface area (Å²) < 4.78 is 0.991. The van der Waals surface area contributed by atoms with Crippen LogP contribution in [0, 0.1) is 13.8 Å². The van der Waals surface area contributed by atoms with Gasteiger partial charge in [0.2, 0.25) is 0 Å². The van der Waals surface area contributed by atoms with Crippen LogP contribution in [0.25, 0.3) is 0 Å². The summed E-state index contributed by atoms with van der Waals surface area (Å²) in [6.07, 6.45) is 3.36. The summed E-state index contributed by atoms with van der Waals surface area (Å²) in [6.45, 7) is 3.90. The van der Waals surface area contributed by atoms with Crippen LogP contribution in [0.3, 0.4) is 0 Å². The third kappa shape index (κ3) is 2.73. The van der Waals surface area contributed by atoms with Crippen LogP contribution < -0.4 is 5.32 Å². The minimum atomic E-state index is -0.0973. The second kappa shape index (κ2) is 4.98. The van der Waals surface area contributed by atoms with Gasteiger partial charge < -0.3 is 5.32 Å². The largest absolute Gasteiger partial charge is 0.320 e. The zero-order valence-electron chi connectivity index (χ0n) is 9.45. The van der Waals surface area contributed by atoms with E-state index < -0.39 is 0 Å². The Kier molecular flexibility index (Phi) is 3.59. The van der Waals surface area contributed by atoms with Gasteiger partial charge in [-0.15, -0.1) is 11.3 Å². The lowest BCUT2D eigenvalue weighted by Crippen LogP contribution is -2.11. The van der Waals surface area contributed by atoms with Gasteiger partial charge in [-0.1, -0.05) is 0 Å². The third-order valence-electron chi connectivity index (χ3n) is 2.37. The van der Waals surface area contributed by atoms with E-state index in [-0.39, 0.29) is 5.91 Å². The minimum Gasteiger partial charge on any atom is -0.320 e. The molecule has 0 radical (unpaired) electrons. The number of carbonyl (C=O) groups is 1. The summed E-state index contributed by atoms with van der Waals surface area (Å²) >= 11 is 4.84. The van der Waals surface area contributed by atoms with E-state index in [9.17, 15) is 4.79 Å². The number of hydrogen-bond donors (Lipinski definition) is 1. The molecule has 0 fully saturated rings. The average molecular weight is 311 g/mol. The normalized spacial score (nSPS) is 10.3. The van der Waals surface area contributed by atoms with E-state index in [1.165, 1.54) is 11.3 Å². The van der Waals surface area contributed by atoms with E-state index in [2.05, 4.69) is 26.2 Å². The molecule has 88 valence electrons. The number of rotatable bonds is 2. The molecule has 0 spiro atoms. The first kappa shape index (κ1) is 12.3. The SMILES string of the molecule is Cc1ccncc1NC(=O)c1cc(C)c(Br)s1.